The Morgan fingerprint density at radius 3 is 2.50 bits per heavy atom. The molecular weight excluding hydrogens is 338 g/mol. The number of rotatable bonds is 4. The average Bonchev–Trinajstić information content (AvgIpc) is 2.82. The maximum absolute atomic E-state index is 4.74. The summed E-state index contributed by atoms with van der Waals surface area (Å²) in [6, 6.07) is 9.00. The molecule has 1 aliphatic carbocycles. The molecule has 1 heterocycles. The van der Waals surface area contributed by atoms with Crippen LogP contribution in [0.1, 0.15) is 49.1 Å². The van der Waals surface area contributed by atoms with E-state index < -0.39 is 0 Å². The van der Waals surface area contributed by atoms with Gasteiger partial charge in [0.2, 0.25) is 0 Å². The van der Waals surface area contributed by atoms with Crippen molar-refractivity contribution < 1.29 is 0 Å². The molecule has 0 unspecified atom stereocenters. The number of aryl methyl sites for hydroxylation is 1. The molecule has 2 aromatic rings. The topological polar surface area (TPSA) is 29.9 Å². The van der Waals surface area contributed by atoms with Crippen molar-refractivity contribution in [3.63, 3.8) is 0 Å². The maximum atomic E-state index is 4.74. The SMILES string of the molecule is Cc1nn(-c2ccc(Br)cc2)c(C)c1CNC1CCCCC1. The maximum Gasteiger partial charge on any atom is 0.0649 e. The first-order chi connectivity index (χ1) is 10.6. The molecule has 0 aliphatic heterocycles. The van der Waals surface area contributed by atoms with E-state index >= 15 is 0 Å². The van der Waals surface area contributed by atoms with Crippen LogP contribution in [0.4, 0.5) is 0 Å². The van der Waals surface area contributed by atoms with E-state index in [0.29, 0.717) is 6.04 Å². The van der Waals surface area contributed by atoms with Crippen molar-refractivity contribution in [2.45, 2.75) is 58.5 Å². The average molecular weight is 362 g/mol. The lowest BCUT2D eigenvalue weighted by Crippen LogP contribution is -2.30. The molecule has 1 saturated carbocycles. The fourth-order valence-corrected chi connectivity index (χ4v) is 3.58. The van der Waals surface area contributed by atoms with Crippen LogP contribution in [0.2, 0.25) is 0 Å². The molecular formula is C18H24BrN3. The van der Waals surface area contributed by atoms with Gasteiger partial charge in [-0.25, -0.2) is 4.68 Å². The van der Waals surface area contributed by atoms with Gasteiger partial charge in [0, 0.05) is 28.3 Å². The number of nitrogens with zero attached hydrogens (tertiary/aromatic N) is 2. The molecule has 1 aromatic heterocycles. The molecule has 3 rings (SSSR count). The molecule has 0 amide bonds. The summed E-state index contributed by atoms with van der Waals surface area (Å²) in [4.78, 5) is 0. The lowest BCUT2D eigenvalue weighted by molar-refractivity contribution is 0.372. The zero-order chi connectivity index (χ0) is 15.5. The van der Waals surface area contributed by atoms with Gasteiger partial charge in [0.05, 0.1) is 11.4 Å². The first-order valence-electron chi connectivity index (χ1n) is 8.19. The summed E-state index contributed by atoms with van der Waals surface area (Å²) in [5.74, 6) is 0. The Labute approximate surface area is 141 Å². The van der Waals surface area contributed by atoms with Crippen molar-refractivity contribution >= 4 is 15.9 Å². The van der Waals surface area contributed by atoms with Crippen LogP contribution in [0.25, 0.3) is 5.69 Å². The minimum absolute atomic E-state index is 0.684. The van der Waals surface area contributed by atoms with Crippen LogP contribution in [0.5, 0.6) is 0 Å². The highest BCUT2D eigenvalue weighted by atomic mass is 79.9. The third kappa shape index (κ3) is 3.44. The van der Waals surface area contributed by atoms with E-state index in [1.807, 2.05) is 0 Å². The van der Waals surface area contributed by atoms with Gasteiger partial charge in [-0.05, 0) is 51.0 Å². The monoisotopic (exact) mass is 361 g/mol. The number of hydrogen-bond acceptors (Lipinski definition) is 2. The molecule has 0 spiro atoms. The predicted molar refractivity (Wildman–Crippen MR) is 94.5 cm³/mol. The molecule has 118 valence electrons. The summed E-state index contributed by atoms with van der Waals surface area (Å²) in [7, 11) is 0. The summed E-state index contributed by atoms with van der Waals surface area (Å²) >= 11 is 3.49. The fraction of sp³-hybridized carbons (Fsp3) is 0.500. The van der Waals surface area contributed by atoms with E-state index in [4.69, 9.17) is 5.10 Å². The van der Waals surface area contributed by atoms with Crippen molar-refractivity contribution in [3.05, 3.63) is 45.7 Å². The van der Waals surface area contributed by atoms with E-state index in [-0.39, 0.29) is 0 Å². The molecule has 0 bridgehead atoms. The molecule has 1 N–H and O–H groups in total. The van der Waals surface area contributed by atoms with E-state index in [9.17, 15) is 0 Å². The number of hydrogen-bond donors (Lipinski definition) is 1. The predicted octanol–water partition coefficient (Wildman–Crippen LogP) is 4.67. The fourth-order valence-electron chi connectivity index (χ4n) is 3.32. The highest BCUT2D eigenvalue weighted by Crippen LogP contribution is 2.21. The molecule has 1 aliphatic rings. The standard InChI is InChI=1S/C18H24BrN3/c1-13-18(12-20-16-6-4-3-5-7-16)14(2)22(21-13)17-10-8-15(19)9-11-17/h8-11,16,20H,3-7,12H2,1-2H3. The third-order valence-corrected chi connectivity index (χ3v) is 5.21. The van der Waals surface area contributed by atoms with Gasteiger partial charge in [0.25, 0.3) is 0 Å². The minimum atomic E-state index is 0.684. The normalized spacial score (nSPS) is 16.1. The highest BCUT2D eigenvalue weighted by Gasteiger charge is 2.16. The van der Waals surface area contributed by atoms with Gasteiger partial charge in [-0.1, -0.05) is 35.2 Å². The molecule has 4 heteroatoms. The Morgan fingerprint density at radius 2 is 1.82 bits per heavy atom. The van der Waals surface area contributed by atoms with Crippen molar-refractivity contribution in [1.82, 2.24) is 15.1 Å². The molecule has 22 heavy (non-hydrogen) atoms. The number of benzene rings is 1. The molecule has 0 atom stereocenters. The largest absolute Gasteiger partial charge is 0.310 e. The summed E-state index contributed by atoms with van der Waals surface area (Å²) in [6.45, 7) is 5.21. The van der Waals surface area contributed by atoms with Gasteiger partial charge < -0.3 is 5.32 Å². The van der Waals surface area contributed by atoms with Gasteiger partial charge in [-0.2, -0.15) is 5.10 Å². The van der Waals surface area contributed by atoms with Gasteiger partial charge in [0.15, 0.2) is 0 Å². The lowest BCUT2D eigenvalue weighted by Gasteiger charge is -2.22. The first-order valence-corrected chi connectivity index (χ1v) is 8.99. The summed E-state index contributed by atoms with van der Waals surface area (Å²) in [5.41, 5.74) is 4.83. The van der Waals surface area contributed by atoms with Gasteiger partial charge in [-0.3, -0.25) is 0 Å². The van der Waals surface area contributed by atoms with Crippen LogP contribution in [-0.4, -0.2) is 15.8 Å². The second kappa shape index (κ2) is 6.97. The van der Waals surface area contributed by atoms with Gasteiger partial charge in [0.1, 0.15) is 0 Å². The number of nitrogens with one attached hydrogen (secondary N) is 1. The number of halogens is 1. The zero-order valence-corrected chi connectivity index (χ0v) is 15.0. The van der Waals surface area contributed by atoms with Crippen molar-refractivity contribution in [3.8, 4) is 5.69 Å². The molecule has 1 fully saturated rings. The van der Waals surface area contributed by atoms with Crippen LogP contribution in [0, 0.1) is 13.8 Å². The molecule has 0 radical (unpaired) electrons. The van der Waals surface area contributed by atoms with Gasteiger partial charge in [-0.15, -0.1) is 0 Å². The highest BCUT2D eigenvalue weighted by molar-refractivity contribution is 9.10. The van der Waals surface area contributed by atoms with Crippen LogP contribution in [-0.2, 0) is 6.54 Å². The Morgan fingerprint density at radius 1 is 1.14 bits per heavy atom. The van der Waals surface area contributed by atoms with E-state index in [1.54, 1.807) is 0 Å². The molecule has 0 saturated heterocycles. The third-order valence-electron chi connectivity index (χ3n) is 4.69. The summed E-state index contributed by atoms with van der Waals surface area (Å²) in [5, 5.41) is 8.47. The van der Waals surface area contributed by atoms with E-state index in [1.165, 1.54) is 43.4 Å². The summed E-state index contributed by atoms with van der Waals surface area (Å²) < 4.78 is 3.15. The zero-order valence-electron chi connectivity index (χ0n) is 13.4. The smallest absolute Gasteiger partial charge is 0.0649 e. The lowest BCUT2D eigenvalue weighted by atomic mass is 9.95. The van der Waals surface area contributed by atoms with E-state index in [0.717, 1.165) is 22.4 Å². The van der Waals surface area contributed by atoms with E-state index in [2.05, 4.69) is 64.0 Å². The van der Waals surface area contributed by atoms with Crippen LogP contribution in [0.3, 0.4) is 0 Å². The summed E-state index contributed by atoms with van der Waals surface area (Å²) in [6.07, 6.45) is 6.77. The Hall–Kier alpha value is -1.13. The van der Waals surface area contributed by atoms with Crippen molar-refractivity contribution in [2.24, 2.45) is 0 Å². The van der Waals surface area contributed by atoms with Crippen LogP contribution < -0.4 is 5.32 Å². The Kier molecular flexibility index (Phi) is 4.99. The first kappa shape index (κ1) is 15.8. The second-order valence-corrected chi connectivity index (χ2v) is 7.17. The van der Waals surface area contributed by atoms with Crippen molar-refractivity contribution in [2.75, 3.05) is 0 Å². The minimum Gasteiger partial charge on any atom is -0.310 e. The molecule has 3 nitrogen and oxygen atoms in total. The second-order valence-electron chi connectivity index (χ2n) is 6.25. The van der Waals surface area contributed by atoms with Crippen LogP contribution in [0.15, 0.2) is 28.7 Å². The number of aromatic nitrogens is 2. The quantitative estimate of drug-likeness (QED) is 0.856. The molecule has 1 aromatic carbocycles. The Bertz CT molecular complexity index is 625. The Balaban J connectivity index is 1.76. The van der Waals surface area contributed by atoms with Crippen molar-refractivity contribution in [1.29, 1.82) is 0 Å². The van der Waals surface area contributed by atoms with Crippen LogP contribution >= 0.6 is 15.9 Å². The van der Waals surface area contributed by atoms with Gasteiger partial charge >= 0.3 is 0 Å².